The fraction of sp³-hybridized carbons (Fsp3) is 0.556. The van der Waals surface area contributed by atoms with E-state index in [2.05, 4.69) is 0 Å². The van der Waals surface area contributed by atoms with Gasteiger partial charge in [-0.25, -0.2) is 0 Å². The Hall–Kier alpha value is -0.800. The van der Waals surface area contributed by atoms with Crippen molar-refractivity contribution in [3.05, 3.63) is 23.7 Å². The van der Waals surface area contributed by atoms with Crippen LogP contribution in [0, 0.1) is 0 Å². The Morgan fingerprint density at radius 2 is 2.25 bits per heavy atom. The second kappa shape index (κ2) is 3.74. The van der Waals surface area contributed by atoms with E-state index in [0.717, 1.165) is 12.2 Å². The first-order chi connectivity index (χ1) is 5.65. The summed E-state index contributed by atoms with van der Waals surface area (Å²) < 4.78 is 5.37. The maximum absolute atomic E-state index is 9.17. The third kappa shape index (κ3) is 1.87. The van der Waals surface area contributed by atoms with Crippen molar-refractivity contribution < 1.29 is 9.52 Å². The average Bonchev–Trinajstić information content (AvgIpc) is 2.50. The topological polar surface area (TPSA) is 59.4 Å². The second-order valence-electron chi connectivity index (χ2n) is 2.92. The summed E-state index contributed by atoms with van der Waals surface area (Å²) in [6.07, 6.45) is 0.285. The van der Waals surface area contributed by atoms with Crippen LogP contribution in [0.4, 0.5) is 0 Å². The number of aliphatic hydroxyl groups is 1. The van der Waals surface area contributed by atoms with Gasteiger partial charge in [-0.3, -0.25) is 0 Å². The van der Waals surface area contributed by atoms with Crippen LogP contribution in [-0.4, -0.2) is 11.2 Å². The third-order valence-corrected chi connectivity index (χ3v) is 1.88. The molecule has 1 aromatic rings. The van der Waals surface area contributed by atoms with Gasteiger partial charge in [0.05, 0.1) is 12.1 Å². The molecular formula is C9H15NO2. The normalized spacial score (nSPS) is 16.0. The molecule has 3 heteroatoms. The Labute approximate surface area is 72.2 Å². The summed E-state index contributed by atoms with van der Waals surface area (Å²) in [4.78, 5) is 0. The fourth-order valence-electron chi connectivity index (χ4n) is 1.00. The number of rotatable bonds is 3. The van der Waals surface area contributed by atoms with Gasteiger partial charge in [0.25, 0.3) is 0 Å². The quantitative estimate of drug-likeness (QED) is 0.715. The van der Waals surface area contributed by atoms with Crippen LogP contribution in [0.3, 0.4) is 0 Å². The Kier molecular flexibility index (Phi) is 2.89. The molecule has 68 valence electrons. The number of nitrogens with two attached hydrogens (primary N) is 1. The smallest absolute Gasteiger partial charge is 0.123 e. The van der Waals surface area contributed by atoms with Crippen molar-refractivity contribution in [2.24, 2.45) is 5.73 Å². The predicted octanol–water partition coefficient (Wildman–Crippen LogP) is 1.22. The number of hydrogen-bond donors (Lipinski definition) is 2. The molecule has 0 saturated heterocycles. The first-order valence-corrected chi connectivity index (χ1v) is 4.17. The molecule has 0 unspecified atom stereocenters. The Morgan fingerprint density at radius 3 is 2.67 bits per heavy atom. The van der Waals surface area contributed by atoms with Crippen LogP contribution in [-0.2, 0) is 6.42 Å². The largest absolute Gasteiger partial charge is 0.464 e. The summed E-state index contributed by atoms with van der Waals surface area (Å²) in [5.74, 6) is 1.56. The van der Waals surface area contributed by atoms with E-state index in [4.69, 9.17) is 10.2 Å². The van der Waals surface area contributed by atoms with Gasteiger partial charge in [-0.05, 0) is 19.1 Å². The summed E-state index contributed by atoms with van der Waals surface area (Å²) in [7, 11) is 0. The summed E-state index contributed by atoms with van der Waals surface area (Å²) in [5.41, 5.74) is 5.66. The third-order valence-electron chi connectivity index (χ3n) is 1.88. The van der Waals surface area contributed by atoms with Crippen molar-refractivity contribution in [3.63, 3.8) is 0 Å². The van der Waals surface area contributed by atoms with Gasteiger partial charge in [-0.1, -0.05) is 6.92 Å². The fourth-order valence-corrected chi connectivity index (χ4v) is 1.00. The average molecular weight is 169 g/mol. The first-order valence-electron chi connectivity index (χ1n) is 4.17. The van der Waals surface area contributed by atoms with Gasteiger partial charge in [0.15, 0.2) is 0 Å². The van der Waals surface area contributed by atoms with E-state index in [1.165, 1.54) is 0 Å². The lowest BCUT2D eigenvalue weighted by Gasteiger charge is -2.10. The SMILES string of the molecule is CCc1ccc([C@H](N)[C@H](C)O)o1. The molecule has 0 amide bonds. The van der Waals surface area contributed by atoms with Crippen molar-refractivity contribution in [1.29, 1.82) is 0 Å². The van der Waals surface area contributed by atoms with Gasteiger partial charge >= 0.3 is 0 Å². The van der Waals surface area contributed by atoms with Crippen LogP contribution in [0.1, 0.15) is 31.4 Å². The summed E-state index contributed by atoms with van der Waals surface area (Å²) in [5, 5.41) is 9.17. The molecule has 0 spiro atoms. The number of aryl methyl sites for hydroxylation is 1. The molecule has 12 heavy (non-hydrogen) atoms. The molecule has 0 fully saturated rings. The van der Waals surface area contributed by atoms with Gasteiger partial charge in [-0.2, -0.15) is 0 Å². The molecule has 1 heterocycles. The van der Waals surface area contributed by atoms with E-state index in [9.17, 15) is 5.11 Å². The molecule has 1 aromatic heterocycles. The van der Waals surface area contributed by atoms with Gasteiger partial charge in [0.1, 0.15) is 11.5 Å². The molecule has 1 rings (SSSR count). The number of furan rings is 1. The molecule has 3 nitrogen and oxygen atoms in total. The molecular weight excluding hydrogens is 154 g/mol. The van der Waals surface area contributed by atoms with Crippen LogP contribution >= 0.6 is 0 Å². The predicted molar refractivity (Wildman–Crippen MR) is 46.7 cm³/mol. The Balaban J connectivity index is 2.74. The van der Waals surface area contributed by atoms with Crippen LogP contribution in [0.15, 0.2) is 16.5 Å². The lowest BCUT2D eigenvalue weighted by molar-refractivity contribution is 0.152. The second-order valence-corrected chi connectivity index (χ2v) is 2.92. The highest BCUT2D eigenvalue weighted by Gasteiger charge is 2.15. The highest BCUT2D eigenvalue weighted by Crippen LogP contribution is 2.17. The van der Waals surface area contributed by atoms with Gasteiger partial charge in [0.2, 0.25) is 0 Å². The van der Waals surface area contributed by atoms with Crippen molar-refractivity contribution >= 4 is 0 Å². The minimum atomic E-state index is -0.569. The highest BCUT2D eigenvalue weighted by molar-refractivity contribution is 5.11. The van der Waals surface area contributed by atoms with Crippen LogP contribution in [0.2, 0.25) is 0 Å². The van der Waals surface area contributed by atoms with E-state index in [0.29, 0.717) is 5.76 Å². The molecule has 0 aliphatic heterocycles. The minimum absolute atomic E-state index is 0.412. The highest BCUT2D eigenvalue weighted by atomic mass is 16.3. The molecule has 0 aromatic carbocycles. The maximum Gasteiger partial charge on any atom is 0.123 e. The van der Waals surface area contributed by atoms with E-state index in [-0.39, 0.29) is 0 Å². The molecule has 3 N–H and O–H groups in total. The van der Waals surface area contributed by atoms with Crippen molar-refractivity contribution in [2.45, 2.75) is 32.4 Å². The summed E-state index contributed by atoms with van der Waals surface area (Å²) in [6.45, 7) is 3.66. The lowest BCUT2D eigenvalue weighted by Crippen LogP contribution is -2.22. The maximum atomic E-state index is 9.17. The zero-order valence-electron chi connectivity index (χ0n) is 7.45. The number of aliphatic hydroxyl groups excluding tert-OH is 1. The number of hydrogen-bond acceptors (Lipinski definition) is 3. The zero-order valence-corrected chi connectivity index (χ0v) is 7.45. The first kappa shape index (κ1) is 9.29. The minimum Gasteiger partial charge on any atom is -0.464 e. The molecule has 0 aliphatic carbocycles. The molecule has 0 saturated carbocycles. The van der Waals surface area contributed by atoms with E-state index in [1.807, 2.05) is 19.1 Å². The Morgan fingerprint density at radius 1 is 1.58 bits per heavy atom. The molecule has 0 radical (unpaired) electrons. The molecule has 2 atom stereocenters. The van der Waals surface area contributed by atoms with Gasteiger partial charge in [0, 0.05) is 6.42 Å². The van der Waals surface area contributed by atoms with Crippen molar-refractivity contribution in [1.82, 2.24) is 0 Å². The summed E-state index contributed by atoms with van der Waals surface area (Å²) >= 11 is 0. The van der Waals surface area contributed by atoms with Crippen LogP contribution in [0.25, 0.3) is 0 Å². The Bertz CT molecular complexity index is 242. The van der Waals surface area contributed by atoms with Crippen molar-refractivity contribution in [2.75, 3.05) is 0 Å². The summed E-state index contributed by atoms with van der Waals surface area (Å²) in [6, 6.07) is 3.29. The van der Waals surface area contributed by atoms with Crippen LogP contribution < -0.4 is 5.73 Å². The lowest BCUT2D eigenvalue weighted by atomic mass is 10.1. The van der Waals surface area contributed by atoms with E-state index < -0.39 is 12.1 Å². The van der Waals surface area contributed by atoms with Gasteiger partial charge in [-0.15, -0.1) is 0 Å². The van der Waals surface area contributed by atoms with Crippen LogP contribution in [0.5, 0.6) is 0 Å². The zero-order chi connectivity index (χ0) is 9.14. The standard InChI is InChI=1S/C9H15NO2/c1-3-7-4-5-8(12-7)9(10)6(2)11/h4-6,9,11H,3,10H2,1-2H3/t6-,9+/m0/s1. The molecule has 0 bridgehead atoms. The molecule has 0 aliphatic rings. The van der Waals surface area contributed by atoms with Crippen molar-refractivity contribution in [3.8, 4) is 0 Å². The van der Waals surface area contributed by atoms with E-state index >= 15 is 0 Å². The van der Waals surface area contributed by atoms with E-state index in [1.54, 1.807) is 6.92 Å². The monoisotopic (exact) mass is 169 g/mol. The van der Waals surface area contributed by atoms with Gasteiger partial charge < -0.3 is 15.3 Å².